The molecule has 2 rings (SSSR count). The topological polar surface area (TPSA) is 46.2 Å². The molecule has 118 valence electrons. The predicted octanol–water partition coefficient (Wildman–Crippen LogP) is 2.81. The number of hydrogen-bond acceptors (Lipinski definition) is 3. The molecule has 0 aliphatic carbocycles. The van der Waals surface area contributed by atoms with E-state index in [0.29, 0.717) is 23.5 Å². The zero-order chi connectivity index (χ0) is 15.1. The van der Waals surface area contributed by atoms with Crippen LogP contribution < -0.4 is 5.32 Å². The van der Waals surface area contributed by atoms with Gasteiger partial charge in [-0.3, -0.25) is 0 Å². The van der Waals surface area contributed by atoms with E-state index in [1.165, 1.54) is 5.56 Å². The Bertz CT molecular complexity index is 513. The van der Waals surface area contributed by atoms with E-state index in [4.69, 9.17) is 0 Å². The summed E-state index contributed by atoms with van der Waals surface area (Å²) in [7, 11) is -2.76. The smallest absolute Gasteiger partial charge is 0.150 e. The number of rotatable bonds is 8. The molecule has 1 aromatic rings. The highest BCUT2D eigenvalue weighted by Gasteiger charge is 2.29. The summed E-state index contributed by atoms with van der Waals surface area (Å²) in [6.45, 7) is 3.18. The van der Waals surface area contributed by atoms with Gasteiger partial charge in [-0.15, -0.1) is 0 Å². The van der Waals surface area contributed by atoms with Gasteiger partial charge < -0.3 is 5.32 Å². The maximum atomic E-state index is 11.6. The molecule has 1 heterocycles. The molecule has 0 saturated carbocycles. The Hall–Kier alpha value is -0.870. The van der Waals surface area contributed by atoms with Crippen LogP contribution in [0.15, 0.2) is 30.3 Å². The molecule has 0 amide bonds. The van der Waals surface area contributed by atoms with Crippen LogP contribution in [0.2, 0.25) is 0 Å². The molecule has 1 aromatic carbocycles. The summed E-state index contributed by atoms with van der Waals surface area (Å²) >= 11 is 0. The molecule has 1 fully saturated rings. The van der Waals surface area contributed by atoms with Gasteiger partial charge in [0.25, 0.3) is 0 Å². The molecule has 1 N–H and O–H groups in total. The van der Waals surface area contributed by atoms with Crippen molar-refractivity contribution in [3.8, 4) is 0 Å². The molecule has 0 spiro atoms. The lowest BCUT2D eigenvalue weighted by atomic mass is 9.94. The molecular formula is C17H27NO2S. The quantitative estimate of drug-likeness (QED) is 0.803. The van der Waals surface area contributed by atoms with Crippen molar-refractivity contribution in [1.29, 1.82) is 0 Å². The summed E-state index contributed by atoms with van der Waals surface area (Å²) in [5, 5.41) is 3.60. The highest BCUT2D eigenvalue weighted by molar-refractivity contribution is 7.91. The third kappa shape index (κ3) is 5.79. The second-order valence-corrected chi connectivity index (χ2v) is 8.41. The van der Waals surface area contributed by atoms with Gasteiger partial charge in [-0.25, -0.2) is 8.42 Å². The van der Waals surface area contributed by atoms with Gasteiger partial charge in [0, 0.05) is 6.04 Å². The molecule has 21 heavy (non-hydrogen) atoms. The van der Waals surface area contributed by atoms with Crippen LogP contribution in [0.1, 0.15) is 38.2 Å². The molecule has 1 saturated heterocycles. The minimum atomic E-state index is -2.76. The van der Waals surface area contributed by atoms with Gasteiger partial charge in [-0.1, -0.05) is 37.3 Å². The second-order valence-electron chi connectivity index (χ2n) is 6.18. The van der Waals surface area contributed by atoms with Gasteiger partial charge in [0.05, 0.1) is 11.5 Å². The van der Waals surface area contributed by atoms with Crippen LogP contribution in [0.25, 0.3) is 0 Å². The van der Waals surface area contributed by atoms with E-state index in [1.807, 2.05) is 6.07 Å². The van der Waals surface area contributed by atoms with Crippen LogP contribution in [-0.2, 0) is 16.3 Å². The van der Waals surface area contributed by atoms with Crippen LogP contribution in [0.4, 0.5) is 0 Å². The van der Waals surface area contributed by atoms with E-state index in [1.54, 1.807) is 0 Å². The second kappa shape index (κ2) is 7.95. The predicted molar refractivity (Wildman–Crippen MR) is 88.2 cm³/mol. The zero-order valence-corrected chi connectivity index (χ0v) is 13.7. The van der Waals surface area contributed by atoms with E-state index < -0.39 is 9.84 Å². The van der Waals surface area contributed by atoms with E-state index in [9.17, 15) is 8.42 Å². The fourth-order valence-electron chi connectivity index (χ4n) is 3.10. The molecule has 0 radical (unpaired) electrons. The number of hydrogen-bond donors (Lipinski definition) is 1. The molecule has 3 nitrogen and oxygen atoms in total. The first-order valence-corrected chi connectivity index (χ1v) is 9.89. The van der Waals surface area contributed by atoms with Crippen molar-refractivity contribution in [3.05, 3.63) is 35.9 Å². The summed E-state index contributed by atoms with van der Waals surface area (Å²) in [6, 6.07) is 11.0. The normalized spacial score (nSPS) is 22.2. The minimum Gasteiger partial charge on any atom is -0.314 e. The highest BCUT2D eigenvalue weighted by Crippen LogP contribution is 2.24. The average molecular weight is 309 g/mol. The Kier molecular flexibility index (Phi) is 6.24. The fourth-order valence-corrected chi connectivity index (χ4v) is 4.98. The van der Waals surface area contributed by atoms with E-state index in [2.05, 4.69) is 36.5 Å². The third-order valence-electron chi connectivity index (χ3n) is 4.25. The van der Waals surface area contributed by atoms with Crippen molar-refractivity contribution >= 4 is 9.84 Å². The first kappa shape index (κ1) is 16.5. The Morgan fingerprint density at radius 1 is 1.29 bits per heavy atom. The van der Waals surface area contributed by atoms with E-state index in [-0.39, 0.29) is 0 Å². The lowest BCUT2D eigenvalue weighted by Gasteiger charge is -2.21. The molecule has 1 aliphatic rings. The maximum absolute atomic E-state index is 11.6. The van der Waals surface area contributed by atoms with Crippen molar-refractivity contribution in [1.82, 2.24) is 5.32 Å². The average Bonchev–Trinajstić information content (AvgIpc) is 2.82. The molecule has 0 bridgehead atoms. The zero-order valence-electron chi connectivity index (χ0n) is 12.9. The van der Waals surface area contributed by atoms with Crippen molar-refractivity contribution < 1.29 is 8.42 Å². The van der Waals surface area contributed by atoms with Gasteiger partial charge >= 0.3 is 0 Å². The highest BCUT2D eigenvalue weighted by atomic mass is 32.2. The van der Waals surface area contributed by atoms with Crippen LogP contribution in [-0.4, -0.2) is 32.5 Å². The molecule has 4 heteroatoms. The van der Waals surface area contributed by atoms with Crippen LogP contribution in [0.5, 0.6) is 0 Å². The summed E-state index contributed by atoms with van der Waals surface area (Å²) < 4.78 is 23.2. The number of aryl methyl sites for hydroxylation is 1. The molecular weight excluding hydrogens is 282 g/mol. The Morgan fingerprint density at radius 2 is 2.05 bits per heavy atom. The number of sulfone groups is 1. The summed E-state index contributed by atoms with van der Waals surface area (Å²) in [5.74, 6) is 1.12. The number of nitrogens with one attached hydrogen (secondary N) is 1. The SMILES string of the molecule is CCCNC(CCc1ccccc1)CC1CCS(=O)(=O)C1. The summed E-state index contributed by atoms with van der Waals surface area (Å²) in [4.78, 5) is 0. The summed E-state index contributed by atoms with van der Waals surface area (Å²) in [6.07, 6.45) is 5.09. The Morgan fingerprint density at radius 3 is 2.67 bits per heavy atom. The molecule has 0 aromatic heterocycles. The monoisotopic (exact) mass is 309 g/mol. The van der Waals surface area contributed by atoms with Crippen molar-refractivity contribution in [2.45, 2.75) is 45.1 Å². The largest absolute Gasteiger partial charge is 0.314 e. The maximum Gasteiger partial charge on any atom is 0.150 e. The molecule has 2 atom stereocenters. The van der Waals surface area contributed by atoms with Gasteiger partial charge in [0.1, 0.15) is 0 Å². The first-order chi connectivity index (χ1) is 10.1. The van der Waals surface area contributed by atoms with Crippen molar-refractivity contribution in [3.63, 3.8) is 0 Å². The Balaban J connectivity index is 1.85. The van der Waals surface area contributed by atoms with Gasteiger partial charge in [-0.05, 0) is 50.1 Å². The van der Waals surface area contributed by atoms with Crippen LogP contribution in [0, 0.1) is 5.92 Å². The number of benzene rings is 1. The van der Waals surface area contributed by atoms with Gasteiger partial charge in [-0.2, -0.15) is 0 Å². The summed E-state index contributed by atoms with van der Waals surface area (Å²) in [5.41, 5.74) is 1.36. The van der Waals surface area contributed by atoms with E-state index >= 15 is 0 Å². The van der Waals surface area contributed by atoms with E-state index in [0.717, 1.165) is 38.6 Å². The van der Waals surface area contributed by atoms with Crippen LogP contribution >= 0.6 is 0 Å². The Labute approximate surface area is 129 Å². The lowest BCUT2D eigenvalue weighted by molar-refractivity contribution is 0.387. The van der Waals surface area contributed by atoms with Crippen LogP contribution in [0.3, 0.4) is 0 Å². The third-order valence-corrected chi connectivity index (χ3v) is 6.09. The van der Waals surface area contributed by atoms with Gasteiger partial charge in [0.15, 0.2) is 9.84 Å². The molecule has 2 unspecified atom stereocenters. The standard InChI is InChI=1S/C17H27NO2S/c1-2-11-18-17(9-8-15-6-4-3-5-7-15)13-16-10-12-21(19,20)14-16/h3-7,16-18H,2,8-14H2,1H3. The van der Waals surface area contributed by atoms with Crippen molar-refractivity contribution in [2.75, 3.05) is 18.1 Å². The molecule has 1 aliphatic heterocycles. The van der Waals surface area contributed by atoms with Crippen molar-refractivity contribution in [2.24, 2.45) is 5.92 Å². The van der Waals surface area contributed by atoms with Gasteiger partial charge in [0.2, 0.25) is 0 Å². The lowest BCUT2D eigenvalue weighted by Crippen LogP contribution is -2.32. The minimum absolute atomic E-state index is 0.347. The first-order valence-electron chi connectivity index (χ1n) is 8.07. The fraction of sp³-hybridized carbons (Fsp3) is 0.647.